The van der Waals surface area contributed by atoms with E-state index in [2.05, 4.69) is 40.9 Å². The molecule has 29 heavy (non-hydrogen) atoms. The number of ether oxygens (including phenoxy) is 1. The van der Waals surface area contributed by atoms with E-state index in [1.54, 1.807) is 6.07 Å². The Kier molecular flexibility index (Phi) is 5.60. The largest absolute Gasteiger partial charge is 0.472 e. The van der Waals surface area contributed by atoms with E-state index in [0.717, 1.165) is 23.4 Å². The number of halogens is 3. The number of alkyl halides is 3. The lowest BCUT2D eigenvalue weighted by Gasteiger charge is -2.21. The van der Waals surface area contributed by atoms with E-state index in [4.69, 9.17) is 4.74 Å². The zero-order chi connectivity index (χ0) is 20.3. The molecule has 2 aromatic carbocycles. The minimum atomic E-state index is -4.33. The fourth-order valence-corrected chi connectivity index (χ4v) is 3.67. The molecular formula is C23H22F3N2O. The molecule has 1 aliphatic rings. The summed E-state index contributed by atoms with van der Waals surface area (Å²) in [7, 11) is 0. The Bertz CT molecular complexity index is 924. The number of aromatic amines is 1. The predicted molar refractivity (Wildman–Crippen MR) is 105 cm³/mol. The number of rotatable bonds is 5. The van der Waals surface area contributed by atoms with Gasteiger partial charge in [0.2, 0.25) is 5.88 Å². The average molecular weight is 399 g/mol. The first-order valence-corrected chi connectivity index (χ1v) is 9.75. The number of nitrogens with one attached hydrogen (secondary N) is 1. The molecule has 1 aliphatic carbocycles. The molecule has 151 valence electrons. The third-order valence-electron chi connectivity index (χ3n) is 5.35. The van der Waals surface area contributed by atoms with Gasteiger partial charge in [-0.3, -0.25) is 5.10 Å². The summed E-state index contributed by atoms with van der Waals surface area (Å²) in [6.45, 7) is 0.153. The van der Waals surface area contributed by atoms with Gasteiger partial charge in [-0.05, 0) is 66.8 Å². The van der Waals surface area contributed by atoms with Crippen LogP contribution in [0.5, 0.6) is 5.88 Å². The number of aromatic nitrogens is 2. The van der Waals surface area contributed by atoms with Crippen molar-refractivity contribution >= 4 is 0 Å². The Morgan fingerprint density at radius 3 is 2.31 bits per heavy atom. The van der Waals surface area contributed by atoms with Crippen LogP contribution in [0.1, 0.15) is 48.3 Å². The van der Waals surface area contributed by atoms with Gasteiger partial charge >= 0.3 is 6.18 Å². The fraction of sp³-hybridized carbons (Fsp3) is 0.304. The third kappa shape index (κ3) is 4.81. The highest BCUT2D eigenvalue weighted by atomic mass is 19.4. The first-order valence-electron chi connectivity index (χ1n) is 9.75. The van der Waals surface area contributed by atoms with Crippen molar-refractivity contribution in [1.82, 2.24) is 10.2 Å². The van der Waals surface area contributed by atoms with Crippen molar-refractivity contribution in [1.29, 1.82) is 0 Å². The molecule has 0 spiro atoms. The molecule has 1 aromatic heterocycles. The summed E-state index contributed by atoms with van der Waals surface area (Å²) in [5.74, 6) is 1.05. The lowest BCUT2D eigenvalue weighted by atomic mass is 9.84. The standard InChI is InChI=1S/C23H22F3N2O/c24-23(25,26)20-12-6-16(7-13-20)15-29-22-14-21(27-28-22)19-10-8-18(9-11-19)17-4-2-1-3-5-17/h1,6-14,17H,2-5,15H2,(H,27,28). The van der Waals surface area contributed by atoms with Gasteiger partial charge in [-0.2, -0.15) is 13.2 Å². The Balaban J connectivity index is 1.37. The van der Waals surface area contributed by atoms with Gasteiger partial charge in [0.15, 0.2) is 0 Å². The number of nitrogens with zero attached hydrogens (tertiary/aromatic N) is 1. The molecule has 1 N–H and O–H groups in total. The van der Waals surface area contributed by atoms with Crippen LogP contribution in [0.4, 0.5) is 13.2 Å². The molecule has 0 unspecified atom stereocenters. The van der Waals surface area contributed by atoms with Crippen molar-refractivity contribution in [3.8, 4) is 17.1 Å². The van der Waals surface area contributed by atoms with E-state index in [-0.39, 0.29) is 6.61 Å². The van der Waals surface area contributed by atoms with Crippen LogP contribution >= 0.6 is 0 Å². The van der Waals surface area contributed by atoms with E-state index in [1.165, 1.54) is 43.4 Å². The van der Waals surface area contributed by atoms with Crippen LogP contribution in [0.2, 0.25) is 0 Å². The summed E-state index contributed by atoms with van der Waals surface area (Å²) in [6.07, 6.45) is 2.83. The van der Waals surface area contributed by atoms with Gasteiger partial charge in [0.05, 0.1) is 11.3 Å². The van der Waals surface area contributed by atoms with E-state index in [0.29, 0.717) is 17.4 Å². The van der Waals surface area contributed by atoms with Gasteiger partial charge in [0, 0.05) is 6.07 Å². The smallest absolute Gasteiger partial charge is 0.416 e. The molecular weight excluding hydrogens is 377 g/mol. The Hall–Kier alpha value is -2.76. The number of hydrogen-bond donors (Lipinski definition) is 1. The molecule has 0 amide bonds. The number of hydrogen-bond acceptors (Lipinski definition) is 2. The molecule has 3 aromatic rings. The summed E-state index contributed by atoms with van der Waals surface area (Å²) in [5.41, 5.74) is 3.22. The zero-order valence-corrected chi connectivity index (χ0v) is 15.9. The van der Waals surface area contributed by atoms with Crippen LogP contribution in [0.3, 0.4) is 0 Å². The second-order valence-corrected chi connectivity index (χ2v) is 7.37. The first-order chi connectivity index (χ1) is 14.0. The third-order valence-corrected chi connectivity index (χ3v) is 5.35. The van der Waals surface area contributed by atoms with Crippen LogP contribution in [0.25, 0.3) is 11.3 Å². The van der Waals surface area contributed by atoms with Crippen molar-refractivity contribution in [2.45, 2.75) is 44.4 Å². The summed E-state index contributed by atoms with van der Waals surface area (Å²) < 4.78 is 43.5. The second kappa shape index (κ2) is 8.31. The molecule has 0 atom stereocenters. The molecule has 0 saturated heterocycles. The highest BCUT2D eigenvalue weighted by Gasteiger charge is 2.29. The SMILES string of the molecule is FC(F)(F)c1ccc(COc2cc(-c3ccc(C4CC[CH]CC4)cc3)[nH]n2)cc1. The minimum Gasteiger partial charge on any atom is -0.472 e. The van der Waals surface area contributed by atoms with E-state index in [9.17, 15) is 13.2 Å². The summed E-state index contributed by atoms with van der Waals surface area (Å²) in [4.78, 5) is 0. The van der Waals surface area contributed by atoms with Gasteiger partial charge in [-0.25, -0.2) is 0 Å². The Labute approximate surface area is 167 Å². The van der Waals surface area contributed by atoms with Crippen molar-refractivity contribution < 1.29 is 17.9 Å². The van der Waals surface area contributed by atoms with Crippen LogP contribution in [-0.4, -0.2) is 10.2 Å². The molecule has 3 nitrogen and oxygen atoms in total. The maximum absolute atomic E-state index is 12.6. The maximum atomic E-state index is 12.6. The number of H-pyrrole nitrogens is 1. The van der Waals surface area contributed by atoms with Gasteiger partial charge in [0.25, 0.3) is 0 Å². The summed E-state index contributed by atoms with van der Waals surface area (Å²) >= 11 is 0. The molecule has 4 rings (SSSR count). The van der Waals surface area contributed by atoms with Crippen LogP contribution in [0.15, 0.2) is 54.6 Å². The summed E-state index contributed by atoms with van der Waals surface area (Å²) in [5, 5.41) is 7.10. The molecule has 1 radical (unpaired) electrons. The number of benzene rings is 2. The van der Waals surface area contributed by atoms with Crippen LogP contribution < -0.4 is 4.74 Å². The highest BCUT2D eigenvalue weighted by Crippen LogP contribution is 2.33. The summed E-state index contributed by atoms with van der Waals surface area (Å²) in [6, 6.07) is 15.3. The fourth-order valence-electron chi connectivity index (χ4n) is 3.67. The normalized spacial score (nSPS) is 15.4. The van der Waals surface area contributed by atoms with Crippen molar-refractivity contribution in [3.05, 3.63) is 77.7 Å². The van der Waals surface area contributed by atoms with Gasteiger partial charge in [-0.1, -0.05) is 36.4 Å². The molecule has 1 fully saturated rings. The van der Waals surface area contributed by atoms with E-state index in [1.807, 2.05) is 0 Å². The van der Waals surface area contributed by atoms with Crippen molar-refractivity contribution in [2.75, 3.05) is 0 Å². The molecule has 0 bridgehead atoms. The quantitative estimate of drug-likeness (QED) is 0.529. The van der Waals surface area contributed by atoms with Gasteiger partial charge < -0.3 is 4.74 Å². The van der Waals surface area contributed by atoms with Gasteiger partial charge in [-0.15, -0.1) is 5.10 Å². The van der Waals surface area contributed by atoms with E-state index >= 15 is 0 Å². The van der Waals surface area contributed by atoms with Crippen LogP contribution in [-0.2, 0) is 12.8 Å². The topological polar surface area (TPSA) is 37.9 Å². The second-order valence-electron chi connectivity index (χ2n) is 7.37. The van der Waals surface area contributed by atoms with Crippen molar-refractivity contribution in [3.63, 3.8) is 0 Å². The van der Waals surface area contributed by atoms with Crippen molar-refractivity contribution in [2.24, 2.45) is 0 Å². The van der Waals surface area contributed by atoms with E-state index < -0.39 is 11.7 Å². The zero-order valence-electron chi connectivity index (χ0n) is 15.9. The first kappa shape index (κ1) is 19.6. The maximum Gasteiger partial charge on any atom is 0.416 e. The minimum absolute atomic E-state index is 0.153. The molecule has 0 aliphatic heterocycles. The highest BCUT2D eigenvalue weighted by molar-refractivity contribution is 5.60. The molecule has 1 saturated carbocycles. The predicted octanol–water partition coefficient (Wildman–Crippen LogP) is 6.54. The molecule has 6 heteroatoms. The van der Waals surface area contributed by atoms with Crippen LogP contribution in [0, 0.1) is 6.42 Å². The lowest BCUT2D eigenvalue weighted by Crippen LogP contribution is -2.05. The van der Waals surface area contributed by atoms with Gasteiger partial charge in [0.1, 0.15) is 6.61 Å². The monoisotopic (exact) mass is 399 g/mol. The lowest BCUT2D eigenvalue weighted by molar-refractivity contribution is -0.137. The Morgan fingerprint density at radius 1 is 0.966 bits per heavy atom. The molecule has 1 heterocycles. The average Bonchev–Trinajstić information content (AvgIpc) is 3.22. The Morgan fingerprint density at radius 2 is 1.66 bits per heavy atom.